The molecule has 1 aromatic carbocycles. The van der Waals surface area contributed by atoms with Crippen LogP contribution < -0.4 is 10.6 Å². The van der Waals surface area contributed by atoms with E-state index in [-0.39, 0.29) is 18.0 Å². The Labute approximate surface area is 136 Å². The van der Waals surface area contributed by atoms with E-state index in [0.717, 1.165) is 6.07 Å². The van der Waals surface area contributed by atoms with Gasteiger partial charge in [0.05, 0.1) is 11.7 Å². The second-order valence-corrected chi connectivity index (χ2v) is 6.51. The minimum Gasteiger partial charge on any atom is -0.393 e. The molecule has 0 aliphatic carbocycles. The van der Waals surface area contributed by atoms with Gasteiger partial charge in [0, 0.05) is 17.6 Å². The number of nitrogens with one attached hydrogen (secondary N) is 2. The predicted octanol–water partition coefficient (Wildman–Crippen LogP) is 2.70. The number of carbonyl (C=O) groups excluding carboxylic acids is 2. The number of benzene rings is 1. The Morgan fingerprint density at radius 3 is 2.52 bits per heavy atom. The minimum atomic E-state index is -0.660. The zero-order chi connectivity index (χ0) is 17.6. The van der Waals surface area contributed by atoms with E-state index < -0.39 is 23.2 Å². The van der Waals surface area contributed by atoms with Crippen LogP contribution in [0.3, 0.4) is 0 Å². The van der Waals surface area contributed by atoms with E-state index in [9.17, 15) is 19.1 Å². The molecule has 0 fully saturated rings. The summed E-state index contributed by atoms with van der Waals surface area (Å²) < 4.78 is 13.8. The van der Waals surface area contributed by atoms with Crippen molar-refractivity contribution < 1.29 is 19.1 Å². The van der Waals surface area contributed by atoms with E-state index in [1.165, 1.54) is 12.1 Å². The molecule has 0 saturated heterocycles. The van der Waals surface area contributed by atoms with Gasteiger partial charge in [0.2, 0.25) is 5.91 Å². The van der Waals surface area contributed by atoms with Crippen molar-refractivity contribution in [1.82, 2.24) is 5.32 Å². The third kappa shape index (κ3) is 5.98. The maximum atomic E-state index is 13.8. The normalized spacial score (nSPS) is 12.6. The molecule has 0 spiro atoms. The molecule has 1 rings (SSSR count). The number of aliphatic hydroxyl groups excluding tert-OH is 1. The fourth-order valence-corrected chi connectivity index (χ4v) is 1.75. The average Bonchev–Trinajstić information content (AvgIpc) is 2.47. The van der Waals surface area contributed by atoms with Crippen molar-refractivity contribution in [3.05, 3.63) is 29.6 Å². The molecule has 23 heavy (non-hydrogen) atoms. The highest BCUT2D eigenvalue weighted by molar-refractivity contribution is 5.98. The van der Waals surface area contributed by atoms with Crippen molar-refractivity contribution in [3.63, 3.8) is 0 Å². The Morgan fingerprint density at radius 1 is 1.30 bits per heavy atom. The van der Waals surface area contributed by atoms with Gasteiger partial charge < -0.3 is 15.7 Å². The van der Waals surface area contributed by atoms with Gasteiger partial charge >= 0.3 is 0 Å². The van der Waals surface area contributed by atoms with Gasteiger partial charge in [-0.05, 0) is 31.0 Å². The van der Waals surface area contributed by atoms with E-state index in [0.29, 0.717) is 18.5 Å². The summed E-state index contributed by atoms with van der Waals surface area (Å²) in [7, 11) is 0. The fourth-order valence-electron chi connectivity index (χ4n) is 1.75. The van der Waals surface area contributed by atoms with Gasteiger partial charge in [-0.3, -0.25) is 9.59 Å². The van der Waals surface area contributed by atoms with Crippen LogP contribution in [0.5, 0.6) is 0 Å². The zero-order valence-corrected chi connectivity index (χ0v) is 14.1. The highest BCUT2D eigenvalue weighted by Gasteiger charge is 2.22. The van der Waals surface area contributed by atoms with Crippen molar-refractivity contribution in [2.45, 2.75) is 46.6 Å². The molecule has 128 valence electrons. The lowest BCUT2D eigenvalue weighted by Gasteiger charge is -2.18. The SMILES string of the molecule is CCC(O)CCNC(=O)c1cc(NC(=O)C(C)(C)C)ccc1F. The molecule has 1 aromatic rings. The summed E-state index contributed by atoms with van der Waals surface area (Å²) in [6, 6.07) is 3.87. The Hall–Kier alpha value is -1.95. The van der Waals surface area contributed by atoms with Crippen LogP contribution in [0.15, 0.2) is 18.2 Å². The third-order valence-corrected chi connectivity index (χ3v) is 3.38. The van der Waals surface area contributed by atoms with E-state index in [2.05, 4.69) is 10.6 Å². The van der Waals surface area contributed by atoms with Crippen LogP contribution in [0.25, 0.3) is 0 Å². The zero-order valence-electron chi connectivity index (χ0n) is 14.1. The average molecular weight is 324 g/mol. The molecule has 0 saturated carbocycles. The maximum absolute atomic E-state index is 13.8. The van der Waals surface area contributed by atoms with Crippen LogP contribution in [0.1, 0.15) is 50.9 Å². The van der Waals surface area contributed by atoms with Crippen molar-refractivity contribution >= 4 is 17.5 Å². The third-order valence-electron chi connectivity index (χ3n) is 3.38. The Kier molecular flexibility index (Phi) is 6.69. The molecular formula is C17H25FN2O3. The second-order valence-electron chi connectivity index (χ2n) is 6.51. The molecule has 0 aliphatic rings. The monoisotopic (exact) mass is 324 g/mol. The standard InChI is InChI=1S/C17H25FN2O3/c1-5-12(21)8-9-19-15(22)13-10-11(6-7-14(13)18)20-16(23)17(2,3)4/h6-7,10,12,21H,5,8-9H2,1-4H3,(H,19,22)(H,20,23). The number of rotatable bonds is 6. The molecule has 0 heterocycles. The number of aliphatic hydroxyl groups is 1. The lowest BCUT2D eigenvalue weighted by molar-refractivity contribution is -0.123. The molecule has 1 unspecified atom stereocenters. The first-order valence-electron chi connectivity index (χ1n) is 7.72. The summed E-state index contributed by atoms with van der Waals surface area (Å²) in [5, 5.41) is 14.7. The molecule has 1 atom stereocenters. The summed E-state index contributed by atoms with van der Waals surface area (Å²) >= 11 is 0. The van der Waals surface area contributed by atoms with Crippen LogP contribution >= 0.6 is 0 Å². The van der Waals surface area contributed by atoms with Crippen LogP contribution in [0.4, 0.5) is 10.1 Å². The fraction of sp³-hybridized carbons (Fsp3) is 0.529. The smallest absolute Gasteiger partial charge is 0.254 e. The number of hydrogen-bond acceptors (Lipinski definition) is 3. The van der Waals surface area contributed by atoms with E-state index in [4.69, 9.17) is 0 Å². The van der Waals surface area contributed by atoms with Crippen LogP contribution in [-0.4, -0.2) is 29.6 Å². The van der Waals surface area contributed by atoms with Gasteiger partial charge in [0.25, 0.3) is 5.91 Å². The summed E-state index contributed by atoms with van der Waals surface area (Å²) in [4.78, 5) is 24.0. The van der Waals surface area contributed by atoms with Crippen molar-refractivity contribution in [3.8, 4) is 0 Å². The van der Waals surface area contributed by atoms with Crippen LogP contribution in [0, 0.1) is 11.2 Å². The van der Waals surface area contributed by atoms with Gasteiger partial charge in [-0.15, -0.1) is 0 Å². The summed E-state index contributed by atoms with van der Waals surface area (Å²) in [5.41, 5.74) is -0.361. The summed E-state index contributed by atoms with van der Waals surface area (Å²) in [6.45, 7) is 7.38. The number of hydrogen-bond donors (Lipinski definition) is 3. The first-order valence-corrected chi connectivity index (χ1v) is 7.72. The van der Waals surface area contributed by atoms with Crippen LogP contribution in [0.2, 0.25) is 0 Å². The van der Waals surface area contributed by atoms with Gasteiger partial charge in [-0.25, -0.2) is 4.39 Å². The maximum Gasteiger partial charge on any atom is 0.254 e. The molecular weight excluding hydrogens is 299 g/mol. The van der Waals surface area contributed by atoms with E-state index in [1.807, 2.05) is 6.92 Å². The molecule has 6 heteroatoms. The molecule has 0 aliphatic heterocycles. The lowest BCUT2D eigenvalue weighted by Crippen LogP contribution is -2.29. The second kappa shape index (κ2) is 8.06. The summed E-state index contributed by atoms with van der Waals surface area (Å²) in [6.07, 6.45) is 0.514. The largest absolute Gasteiger partial charge is 0.393 e. The minimum absolute atomic E-state index is 0.136. The molecule has 2 amide bonds. The van der Waals surface area contributed by atoms with Crippen molar-refractivity contribution in [2.24, 2.45) is 5.41 Å². The highest BCUT2D eigenvalue weighted by atomic mass is 19.1. The Bertz CT molecular complexity index is 567. The van der Waals surface area contributed by atoms with Crippen molar-refractivity contribution in [2.75, 3.05) is 11.9 Å². The lowest BCUT2D eigenvalue weighted by atomic mass is 9.95. The Morgan fingerprint density at radius 2 is 1.96 bits per heavy atom. The molecule has 0 bridgehead atoms. The molecule has 0 radical (unpaired) electrons. The quantitative estimate of drug-likeness (QED) is 0.753. The van der Waals surface area contributed by atoms with Gasteiger partial charge in [-0.2, -0.15) is 0 Å². The Balaban J connectivity index is 2.77. The number of anilines is 1. The van der Waals surface area contributed by atoms with Gasteiger partial charge in [0.1, 0.15) is 5.82 Å². The first-order chi connectivity index (χ1) is 10.6. The highest BCUT2D eigenvalue weighted by Crippen LogP contribution is 2.19. The first kappa shape index (κ1) is 19.1. The topological polar surface area (TPSA) is 78.4 Å². The summed E-state index contributed by atoms with van der Waals surface area (Å²) in [5.74, 6) is -1.45. The van der Waals surface area contributed by atoms with Crippen LogP contribution in [-0.2, 0) is 4.79 Å². The molecule has 0 aromatic heterocycles. The number of halogens is 1. The van der Waals surface area contributed by atoms with E-state index >= 15 is 0 Å². The number of carbonyl (C=O) groups is 2. The molecule has 3 N–H and O–H groups in total. The van der Waals surface area contributed by atoms with E-state index in [1.54, 1.807) is 20.8 Å². The number of amides is 2. The predicted molar refractivity (Wildman–Crippen MR) is 87.7 cm³/mol. The van der Waals surface area contributed by atoms with Gasteiger partial charge in [0.15, 0.2) is 0 Å². The molecule has 5 nitrogen and oxygen atoms in total. The van der Waals surface area contributed by atoms with Crippen molar-refractivity contribution in [1.29, 1.82) is 0 Å². The van der Waals surface area contributed by atoms with Gasteiger partial charge in [-0.1, -0.05) is 27.7 Å².